The number of esters is 1. The summed E-state index contributed by atoms with van der Waals surface area (Å²) in [6.45, 7) is 3.85. The number of nitrogens with zero attached hydrogens (tertiary/aromatic N) is 3. The molecule has 0 aromatic carbocycles. The van der Waals surface area contributed by atoms with Crippen molar-refractivity contribution in [2.45, 2.75) is 39.2 Å². The molecule has 3 heterocycles. The summed E-state index contributed by atoms with van der Waals surface area (Å²) in [5.74, 6) is -0.423. The van der Waals surface area contributed by atoms with Crippen LogP contribution in [0.3, 0.4) is 0 Å². The Morgan fingerprint density at radius 1 is 1.42 bits per heavy atom. The van der Waals surface area contributed by atoms with Gasteiger partial charge in [-0.15, -0.1) is 0 Å². The average Bonchev–Trinajstić information content (AvgIpc) is 3.05. The van der Waals surface area contributed by atoms with E-state index in [1.165, 1.54) is 10.7 Å². The Morgan fingerprint density at radius 3 is 3.00 bits per heavy atom. The lowest BCUT2D eigenvalue weighted by molar-refractivity contribution is -0.119. The maximum atomic E-state index is 12.5. The van der Waals surface area contributed by atoms with E-state index in [0.717, 1.165) is 25.0 Å². The quantitative estimate of drug-likeness (QED) is 0.797. The number of hydrogen-bond donors (Lipinski definition) is 2. The zero-order chi connectivity index (χ0) is 18.7. The van der Waals surface area contributed by atoms with Gasteiger partial charge in [0.15, 0.2) is 5.69 Å². The Balaban J connectivity index is 2.08. The summed E-state index contributed by atoms with van der Waals surface area (Å²) in [5.41, 5.74) is 7.80. The molecule has 1 aliphatic heterocycles. The predicted octanol–water partition coefficient (Wildman–Crippen LogP) is 2.20. The smallest absolute Gasteiger partial charge is 0.358 e. The number of aromatic nitrogens is 3. The molecule has 2 bridgehead atoms. The first-order chi connectivity index (χ1) is 12.5. The maximum Gasteiger partial charge on any atom is 0.358 e. The third-order valence-electron chi connectivity index (χ3n) is 4.43. The fourth-order valence-electron chi connectivity index (χ4n) is 2.92. The highest BCUT2D eigenvalue weighted by atomic mass is 16.5. The van der Waals surface area contributed by atoms with Gasteiger partial charge in [0.05, 0.1) is 18.0 Å². The SMILES string of the molecule is CCOC(=O)c1cc2n(n1)-c1ccnc(c1)[C@@H](N)CCC[C@@H](C)C(=O)N2. The molecule has 138 valence electrons. The molecule has 8 heteroatoms. The van der Waals surface area contributed by atoms with Crippen molar-refractivity contribution in [2.75, 3.05) is 11.9 Å². The number of pyridine rings is 1. The van der Waals surface area contributed by atoms with E-state index in [1.807, 2.05) is 13.0 Å². The molecule has 2 aromatic rings. The number of rotatable bonds is 2. The highest BCUT2D eigenvalue weighted by Gasteiger charge is 2.22. The number of anilines is 1. The number of amides is 1. The highest BCUT2D eigenvalue weighted by molar-refractivity contribution is 5.94. The van der Waals surface area contributed by atoms with Crippen LogP contribution in [0.2, 0.25) is 0 Å². The van der Waals surface area contributed by atoms with Gasteiger partial charge in [-0.25, -0.2) is 9.48 Å². The lowest BCUT2D eigenvalue weighted by Crippen LogP contribution is -2.23. The maximum absolute atomic E-state index is 12.5. The van der Waals surface area contributed by atoms with Gasteiger partial charge in [0, 0.05) is 24.2 Å². The molecule has 1 amide bonds. The molecule has 0 spiro atoms. The van der Waals surface area contributed by atoms with E-state index in [1.54, 1.807) is 19.2 Å². The summed E-state index contributed by atoms with van der Waals surface area (Å²) >= 11 is 0. The number of carbonyl (C=O) groups excluding carboxylic acids is 2. The van der Waals surface area contributed by atoms with Crippen molar-refractivity contribution in [3.8, 4) is 5.69 Å². The Hall–Kier alpha value is -2.74. The van der Waals surface area contributed by atoms with E-state index in [4.69, 9.17) is 10.5 Å². The van der Waals surface area contributed by atoms with Crippen LogP contribution in [0, 0.1) is 5.92 Å². The van der Waals surface area contributed by atoms with Gasteiger partial charge in [0.25, 0.3) is 0 Å². The van der Waals surface area contributed by atoms with E-state index in [9.17, 15) is 9.59 Å². The number of fused-ring (bicyclic) bond motifs is 4. The number of carbonyl (C=O) groups is 2. The van der Waals surface area contributed by atoms with E-state index < -0.39 is 5.97 Å². The van der Waals surface area contributed by atoms with E-state index in [2.05, 4.69) is 15.4 Å². The first-order valence-electron chi connectivity index (χ1n) is 8.79. The minimum absolute atomic E-state index is 0.120. The minimum Gasteiger partial charge on any atom is -0.461 e. The normalized spacial score (nSPS) is 20.3. The first kappa shape index (κ1) is 18.1. The second-order valence-corrected chi connectivity index (χ2v) is 6.41. The van der Waals surface area contributed by atoms with Crippen molar-refractivity contribution in [3.05, 3.63) is 35.8 Å². The Bertz CT molecular complexity index is 817. The third-order valence-corrected chi connectivity index (χ3v) is 4.43. The molecule has 0 saturated heterocycles. The standard InChI is InChI=1S/C18H23N5O3/c1-3-26-18(25)15-10-16-21-17(24)11(2)5-4-6-13(19)14-9-12(7-8-20-14)23(16)22-15/h7-11,13H,3-6,19H2,1-2H3,(H,21,24)/t11-,13+/m1/s1. The van der Waals surface area contributed by atoms with Gasteiger partial charge in [-0.1, -0.05) is 13.3 Å². The van der Waals surface area contributed by atoms with Crippen molar-refractivity contribution in [1.82, 2.24) is 14.8 Å². The number of nitrogens with two attached hydrogens (primary N) is 1. The summed E-state index contributed by atoms with van der Waals surface area (Å²) in [4.78, 5) is 28.9. The predicted molar refractivity (Wildman–Crippen MR) is 95.9 cm³/mol. The fourth-order valence-corrected chi connectivity index (χ4v) is 2.92. The Labute approximate surface area is 151 Å². The van der Waals surface area contributed by atoms with Gasteiger partial charge >= 0.3 is 5.97 Å². The van der Waals surface area contributed by atoms with E-state index >= 15 is 0 Å². The number of hydrogen-bond acceptors (Lipinski definition) is 6. The van der Waals surface area contributed by atoms with Crippen LogP contribution in [0.5, 0.6) is 0 Å². The lowest BCUT2D eigenvalue weighted by atomic mass is 9.99. The van der Waals surface area contributed by atoms with Crippen LogP contribution in [-0.4, -0.2) is 33.2 Å². The van der Waals surface area contributed by atoms with Crippen LogP contribution in [0.25, 0.3) is 5.69 Å². The average molecular weight is 357 g/mol. The molecule has 2 atom stereocenters. The van der Waals surface area contributed by atoms with Gasteiger partial charge in [0.1, 0.15) is 5.82 Å². The van der Waals surface area contributed by atoms with Crippen molar-refractivity contribution in [1.29, 1.82) is 0 Å². The Morgan fingerprint density at radius 2 is 2.23 bits per heavy atom. The summed E-state index contributed by atoms with van der Waals surface area (Å²) in [5, 5.41) is 7.18. The van der Waals surface area contributed by atoms with Crippen LogP contribution in [0.1, 0.15) is 55.3 Å². The molecule has 0 saturated carbocycles. The molecule has 8 nitrogen and oxygen atoms in total. The summed E-state index contributed by atoms with van der Waals surface area (Å²) in [6.07, 6.45) is 3.94. The molecule has 3 rings (SSSR count). The van der Waals surface area contributed by atoms with Crippen LogP contribution in [-0.2, 0) is 9.53 Å². The molecular formula is C18H23N5O3. The first-order valence-corrected chi connectivity index (χ1v) is 8.79. The molecule has 2 aromatic heterocycles. The minimum atomic E-state index is -0.537. The molecule has 0 aliphatic carbocycles. The molecule has 1 aliphatic rings. The van der Waals surface area contributed by atoms with Gasteiger partial charge in [-0.2, -0.15) is 5.10 Å². The lowest BCUT2D eigenvalue weighted by Gasteiger charge is -2.17. The number of nitrogens with one attached hydrogen (secondary N) is 1. The molecule has 0 radical (unpaired) electrons. The summed E-state index contributed by atoms with van der Waals surface area (Å²) < 4.78 is 6.53. The summed E-state index contributed by atoms with van der Waals surface area (Å²) in [6, 6.07) is 4.89. The zero-order valence-corrected chi connectivity index (χ0v) is 14.9. The molecular weight excluding hydrogens is 334 g/mol. The van der Waals surface area contributed by atoms with Gasteiger partial charge in [-0.3, -0.25) is 9.78 Å². The monoisotopic (exact) mass is 357 g/mol. The molecule has 0 fully saturated rings. The Kier molecular flexibility index (Phi) is 5.32. The summed E-state index contributed by atoms with van der Waals surface area (Å²) in [7, 11) is 0. The van der Waals surface area contributed by atoms with E-state index in [0.29, 0.717) is 11.5 Å². The van der Waals surface area contributed by atoms with Gasteiger partial charge in [-0.05, 0) is 31.9 Å². The number of ether oxygens (including phenoxy) is 1. The van der Waals surface area contributed by atoms with E-state index in [-0.39, 0.29) is 30.2 Å². The van der Waals surface area contributed by atoms with Crippen LogP contribution in [0.15, 0.2) is 24.4 Å². The highest BCUT2D eigenvalue weighted by Crippen LogP contribution is 2.24. The van der Waals surface area contributed by atoms with Crippen molar-refractivity contribution in [3.63, 3.8) is 0 Å². The van der Waals surface area contributed by atoms with Crippen molar-refractivity contribution < 1.29 is 14.3 Å². The van der Waals surface area contributed by atoms with Gasteiger partial charge in [0.2, 0.25) is 5.91 Å². The second kappa shape index (κ2) is 7.65. The molecule has 0 unspecified atom stereocenters. The van der Waals surface area contributed by atoms with Gasteiger partial charge < -0.3 is 15.8 Å². The van der Waals surface area contributed by atoms with Crippen LogP contribution in [0.4, 0.5) is 5.82 Å². The molecule has 3 N–H and O–H groups in total. The van der Waals surface area contributed by atoms with Crippen LogP contribution < -0.4 is 11.1 Å². The molecule has 26 heavy (non-hydrogen) atoms. The largest absolute Gasteiger partial charge is 0.461 e. The fraction of sp³-hybridized carbons (Fsp3) is 0.444. The zero-order valence-electron chi connectivity index (χ0n) is 14.9. The van der Waals surface area contributed by atoms with Crippen molar-refractivity contribution in [2.24, 2.45) is 11.7 Å². The topological polar surface area (TPSA) is 112 Å². The second-order valence-electron chi connectivity index (χ2n) is 6.41. The van der Waals surface area contributed by atoms with Crippen LogP contribution >= 0.6 is 0 Å². The van der Waals surface area contributed by atoms with Crippen molar-refractivity contribution >= 4 is 17.7 Å². The third kappa shape index (κ3) is 3.75.